The van der Waals surface area contributed by atoms with Crippen LogP contribution in [0.1, 0.15) is 48.0 Å². The number of ether oxygens (including phenoxy) is 1. The van der Waals surface area contributed by atoms with E-state index in [0.29, 0.717) is 0 Å². The van der Waals surface area contributed by atoms with Crippen LogP contribution in [0, 0.1) is 0 Å². The monoisotopic (exact) mass is 402 g/mol. The van der Waals surface area contributed by atoms with Crippen LogP contribution in [0.5, 0.6) is 5.75 Å². The van der Waals surface area contributed by atoms with E-state index in [2.05, 4.69) is 10.6 Å². The fraction of sp³-hybridized carbons (Fsp3) is 0.409. The fourth-order valence-corrected chi connectivity index (χ4v) is 3.93. The highest BCUT2D eigenvalue weighted by Crippen LogP contribution is 2.27. The third-order valence-electron chi connectivity index (χ3n) is 5.41. The number of nitrogens with one attached hydrogen (secondary N) is 2. The van der Waals surface area contributed by atoms with Gasteiger partial charge < -0.3 is 20.5 Å². The van der Waals surface area contributed by atoms with Gasteiger partial charge in [0, 0.05) is 23.5 Å². The molecule has 2 aromatic rings. The molecule has 2 unspecified atom stereocenters. The topological polar surface area (TPSA) is 70.6 Å². The molecule has 150 valence electrons. The minimum absolute atomic E-state index is 0. The predicted octanol–water partition coefficient (Wildman–Crippen LogP) is 4.40. The van der Waals surface area contributed by atoms with E-state index in [9.17, 15) is 9.90 Å². The Kier molecular flexibility index (Phi) is 6.81. The molecule has 1 amide bonds. The summed E-state index contributed by atoms with van der Waals surface area (Å²) in [6.07, 6.45) is 5.26. The van der Waals surface area contributed by atoms with E-state index >= 15 is 0 Å². The molecule has 3 N–H and O–H groups in total. The van der Waals surface area contributed by atoms with E-state index < -0.39 is 6.10 Å². The van der Waals surface area contributed by atoms with Gasteiger partial charge in [0.05, 0.1) is 6.10 Å². The Morgan fingerprint density at radius 3 is 2.64 bits per heavy atom. The number of carbonyl (C=O) groups is 1. The molecule has 2 aromatic carbocycles. The summed E-state index contributed by atoms with van der Waals surface area (Å²) in [6, 6.07) is 13.2. The summed E-state index contributed by atoms with van der Waals surface area (Å²) in [7, 11) is 0. The van der Waals surface area contributed by atoms with Crippen LogP contribution in [0.3, 0.4) is 0 Å². The number of amides is 1. The average molecular weight is 403 g/mol. The van der Waals surface area contributed by atoms with Crippen molar-refractivity contribution < 1.29 is 14.6 Å². The Hall–Kier alpha value is -2.24. The van der Waals surface area contributed by atoms with Crippen LogP contribution in [0.25, 0.3) is 0 Å². The third-order valence-corrected chi connectivity index (χ3v) is 5.41. The van der Waals surface area contributed by atoms with Gasteiger partial charge in [-0.1, -0.05) is 12.5 Å². The van der Waals surface area contributed by atoms with Crippen LogP contribution in [0.2, 0.25) is 0 Å². The summed E-state index contributed by atoms with van der Waals surface area (Å²) in [6.45, 7) is 0.954. The smallest absolute Gasteiger partial charge is 0.256 e. The Bertz CT molecular complexity index is 810. The van der Waals surface area contributed by atoms with Crippen LogP contribution in [-0.4, -0.2) is 29.8 Å². The molecule has 5 nitrogen and oxygen atoms in total. The van der Waals surface area contributed by atoms with Gasteiger partial charge in [-0.05, 0) is 74.1 Å². The second kappa shape index (κ2) is 9.30. The SMILES string of the molecule is Cl.O=C(Nc1ccc(OC2CCCCC2O)cc1)c1cccc2c1CCCN2. The second-order valence-corrected chi connectivity index (χ2v) is 7.35. The first kappa shape index (κ1) is 20.5. The van der Waals surface area contributed by atoms with Crippen molar-refractivity contribution in [2.45, 2.75) is 50.7 Å². The number of halogens is 1. The Morgan fingerprint density at radius 1 is 1.07 bits per heavy atom. The van der Waals surface area contributed by atoms with E-state index in [0.717, 1.165) is 73.3 Å². The van der Waals surface area contributed by atoms with Crippen molar-refractivity contribution in [3.63, 3.8) is 0 Å². The molecule has 1 saturated carbocycles. The number of hydrogen-bond acceptors (Lipinski definition) is 4. The quantitative estimate of drug-likeness (QED) is 0.708. The maximum atomic E-state index is 12.7. The summed E-state index contributed by atoms with van der Waals surface area (Å²) in [5, 5.41) is 16.4. The molecule has 6 heteroatoms. The highest BCUT2D eigenvalue weighted by molar-refractivity contribution is 6.06. The minimum atomic E-state index is -0.393. The predicted molar refractivity (Wildman–Crippen MR) is 114 cm³/mol. The van der Waals surface area contributed by atoms with E-state index in [1.165, 1.54) is 0 Å². The van der Waals surface area contributed by atoms with Gasteiger partial charge in [-0.15, -0.1) is 12.4 Å². The van der Waals surface area contributed by atoms with E-state index in [1.54, 1.807) is 0 Å². The van der Waals surface area contributed by atoms with Gasteiger partial charge >= 0.3 is 0 Å². The number of fused-ring (bicyclic) bond motifs is 1. The summed E-state index contributed by atoms with van der Waals surface area (Å²) < 4.78 is 5.92. The van der Waals surface area contributed by atoms with E-state index in [-0.39, 0.29) is 24.4 Å². The van der Waals surface area contributed by atoms with Gasteiger partial charge in [0.15, 0.2) is 0 Å². The molecular formula is C22H27ClN2O3. The van der Waals surface area contributed by atoms with Crippen LogP contribution < -0.4 is 15.4 Å². The van der Waals surface area contributed by atoms with Gasteiger partial charge in [0.25, 0.3) is 5.91 Å². The fourth-order valence-electron chi connectivity index (χ4n) is 3.93. The maximum Gasteiger partial charge on any atom is 0.256 e. The first-order valence-corrected chi connectivity index (χ1v) is 9.82. The number of hydrogen-bond donors (Lipinski definition) is 3. The average Bonchev–Trinajstić information content (AvgIpc) is 2.70. The molecule has 28 heavy (non-hydrogen) atoms. The second-order valence-electron chi connectivity index (χ2n) is 7.35. The van der Waals surface area contributed by atoms with E-state index in [1.807, 2.05) is 42.5 Å². The number of carbonyl (C=O) groups excluding carboxylic acids is 1. The van der Waals surface area contributed by atoms with Crippen LogP contribution in [-0.2, 0) is 6.42 Å². The van der Waals surface area contributed by atoms with Gasteiger partial charge in [-0.2, -0.15) is 0 Å². The maximum absolute atomic E-state index is 12.7. The van der Waals surface area contributed by atoms with Crippen LogP contribution >= 0.6 is 12.4 Å². The van der Waals surface area contributed by atoms with Gasteiger partial charge in [-0.25, -0.2) is 0 Å². The van der Waals surface area contributed by atoms with Crippen molar-refractivity contribution in [3.05, 3.63) is 53.6 Å². The van der Waals surface area contributed by atoms with E-state index in [4.69, 9.17) is 4.74 Å². The number of anilines is 2. The Labute approximate surface area is 171 Å². The lowest BCUT2D eigenvalue weighted by Crippen LogP contribution is -2.34. The van der Waals surface area contributed by atoms with Crippen molar-refractivity contribution in [2.24, 2.45) is 0 Å². The molecule has 4 rings (SSSR count). The minimum Gasteiger partial charge on any atom is -0.488 e. The molecular weight excluding hydrogens is 376 g/mol. The molecule has 2 aliphatic rings. The van der Waals surface area contributed by atoms with Crippen molar-refractivity contribution in [1.29, 1.82) is 0 Å². The highest BCUT2D eigenvalue weighted by atomic mass is 35.5. The largest absolute Gasteiger partial charge is 0.488 e. The molecule has 1 aliphatic heterocycles. The third kappa shape index (κ3) is 4.59. The van der Waals surface area contributed by atoms with Crippen molar-refractivity contribution >= 4 is 29.7 Å². The molecule has 0 radical (unpaired) electrons. The zero-order chi connectivity index (χ0) is 18.6. The molecule has 1 aliphatic carbocycles. The normalized spacial score (nSPS) is 20.9. The molecule has 1 fully saturated rings. The highest BCUT2D eigenvalue weighted by Gasteiger charge is 2.24. The molecule has 2 atom stereocenters. The standard InChI is InChI=1S/C22H26N2O3.ClH/c25-20-8-1-2-9-21(20)27-16-12-10-15(11-13-16)24-22(26)18-5-3-7-19-17(18)6-4-14-23-19;/h3,5,7,10-13,20-21,23,25H,1-2,4,6,8-9,14H2,(H,24,26);1H. The number of aliphatic hydroxyl groups excluding tert-OH is 1. The summed E-state index contributed by atoms with van der Waals surface area (Å²) in [4.78, 5) is 12.7. The first-order chi connectivity index (χ1) is 13.2. The van der Waals surface area contributed by atoms with Gasteiger partial charge in [0.2, 0.25) is 0 Å². The zero-order valence-electron chi connectivity index (χ0n) is 15.8. The summed E-state index contributed by atoms with van der Waals surface area (Å²) in [5.41, 5.74) is 3.61. The summed E-state index contributed by atoms with van der Waals surface area (Å²) >= 11 is 0. The van der Waals surface area contributed by atoms with Gasteiger partial charge in [0.1, 0.15) is 11.9 Å². The summed E-state index contributed by atoms with van der Waals surface area (Å²) in [5.74, 6) is 0.632. The van der Waals surface area contributed by atoms with Crippen molar-refractivity contribution in [2.75, 3.05) is 17.2 Å². The Balaban J connectivity index is 0.00000225. The molecule has 0 saturated heterocycles. The lowest BCUT2D eigenvalue weighted by molar-refractivity contribution is 0.00688. The zero-order valence-corrected chi connectivity index (χ0v) is 16.6. The van der Waals surface area contributed by atoms with Crippen molar-refractivity contribution in [1.82, 2.24) is 0 Å². The number of rotatable bonds is 4. The lowest BCUT2D eigenvalue weighted by Gasteiger charge is -2.28. The number of benzene rings is 2. The molecule has 0 spiro atoms. The Morgan fingerprint density at radius 2 is 1.86 bits per heavy atom. The molecule has 1 heterocycles. The van der Waals surface area contributed by atoms with Crippen LogP contribution in [0.4, 0.5) is 11.4 Å². The lowest BCUT2D eigenvalue weighted by atomic mass is 9.95. The molecule has 0 bridgehead atoms. The van der Waals surface area contributed by atoms with Crippen LogP contribution in [0.15, 0.2) is 42.5 Å². The first-order valence-electron chi connectivity index (χ1n) is 9.82. The van der Waals surface area contributed by atoms with Gasteiger partial charge in [-0.3, -0.25) is 4.79 Å². The molecule has 0 aromatic heterocycles. The van der Waals surface area contributed by atoms with Crippen molar-refractivity contribution in [3.8, 4) is 5.75 Å². The number of aliphatic hydroxyl groups is 1.